The number of amides is 1. The van der Waals surface area contributed by atoms with Gasteiger partial charge < -0.3 is 9.47 Å². The molecule has 28 heavy (non-hydrogen) atoms. The fourth-order valence-corrected chi connectivity index (χ4v) is 3.04. The van der Waals surface area contributed by atoms with Gasteiger partial charge in [-0.3, -0.25) is 19.3 Å². The molecule has 2 aromatic carbocycles. The molecule has 2 aromatic rings. The van der Waals surface area contributed by atoms with Crippen LogP contribution in [-0.2, 0) is 20.7 Å². The predicted molar refractivity (Wildman–Crippen MR) is 105 cm³/mol. The van der Waals surface area contributed by atoms with Crippen LogP contribution in [0.4, 0.5) is 5.69 Å². The van der Waals surface area contributed by atoms with Gasteiger partial charge in [-0.05, 0) is 24.1 Å². The molecule has 0 unspecified atom stereocenters. The second-order valence-electron chi connectivity index (χ2n) is 6.58. The van der Waals surface area contributed by atoms with Crippen LogP contribution in [0.1, 0.15) is 35.7 Å². The lowest BCUT2D eigenvalue weighted by molar-refractivity contribution is -0.141. The molecule has 3 rings (SSSR count). The van der Waals surface area contributed by atoms with Crippen LogP contribution < -0.4 is 9.64 Å². The number of benzene rings is 2. The average Bonchev–Trinajstić information content (AvgIpc) is 2.86. The third-order valence-corrected chi connectivity index (χ3v) is 4.50. The van der Waals surface area contributed by atoms with Crippen LogP contribution in [0, 0.1) is 0 Å². The summed E-state index contributed by atoms with van der Waals surface area (Å²) in [6.07, 6.45) is 2.16. The van der Waals surface area contributed by atoms with Crippen LogP contribution in [0.2, 0.25) is 0 Å². The molecule has 0 saturated carbocycles. The molecule has 6 nitrogen and oxygen atoms in total. The van der Waals surface area contributed by atoms with Crippen LogP contribution in [0.3, 0.4) is 0 Å². The van der Waals surface area contributed by atoms with Gasteiger partial charge in [-0.25, -0.2) is 0 Å². The van der Waals surface area contributed by atoms with E-state index in [4.69, 9.17) is 9.47 Å². The maximum atomic E-state index is 12.3. The van der Waals surface area contributed by atoms with Gasteiger partial charge in [0.05, 0.1) is 18.7 Å². The first-order chi connectivity index (χ1) is 13.6. The third kappa shape index (κ3) is 4.76. The van der Waals surface area contributed by atoms with Crippen molar-refractivity contribution < 1.29 is 23.9 Å². The average molecular weight is 381 g/mol. The van der Waals surface area contributed by atoms with Gasteiger partial charge in [-0.15, -0.1) is 0 Å². The predicted octanol–water partition coefficient (Wildman–Crippen LogP) is 3.18. The maximum absolute atomic E-state index is 12.3. The first kappa shape index (κ1) is 19.6. The van der Waals surface area contributed by atoms with Gasteiger partial charge in [-0.1, -0.05) is 49.7 Å². The van der Waals surface area contributed by atoms with Crippen molar-refractivity contribution in [3.05, 3.63) is 59.7 Å². The van der Waals surface area contributed by atoms with Crippen molar-refractivity contribution in [2.75, 3.05) is 24.7 Å². The molecule has 6 heteroatoms. The molecule has 0 atom stereocenters. The van der Waals surface area contributed by atoms with E-state index in [0.717, 1.165) is 18.4 Å². The second kappa shape index (κ2) is 9.17. The number of rotatable bonds is 7. The summed E-state index contributed by atoms with van der Waals surface area (Å²) in [7, 11) is 0. The molecule has 1 amide bonds. The van der Waals surface area contributed by atoms with E-state index in [1.165, 1.54) is 4.90 Å². The molecule has 1 heterocycles. The third-order valence-electron chi connectivity index (χ3n) is 4.50. The van der Waals surface area contributed by atoms with E-state index in [1.54, 1.807) is 36.4 Å². The van der Waals surface area contributed by atoms with Crippen LogP contribution in [-0.4, -0.2) is 37.4 Å². The number of hydrogen-bond donors (Lipinski definition) is 0. The number of para-hydroxylation sites is 2. The second-order valence-corrected chi connectivity index (χ2v) is 6.58. The van der Waals surface area contributed by atoms with Gasteiger partial charge in [0.2, 0.25) is 5.91 Å². The first-order valence-electron chi connectivity index (χ1n) is 9.38. The summed E-state index contributed by atoms with van der Waals surface area (Å²) in [5, 5.41) is 0. The lowest BCUT2D eigenvalue weighted by Crippen LogP contribution is -2.36. The highest BCUT2D eigenvalue weighted by molar-refractivity contribution is 6.01. The Hall–Kier alpha value is -3.15. The van der Waals surface area contributed by atoms with E-state index in [1.807, 2.05) is 12.1 Å². The number of ketones is 1. The van der Waals surface area contributed by atoms with Crippen LogP contribution in [0.25, 0.3) is 0 Å². The summed E-state index contributed by atoms with van der Waals surface area (Å²) < 4.78 is 10.7. The van der Waals surface area contributed by atoms with Crippen molar-refractivity contribution in [2.24, 2.45) is 0 Å². The van der Waals surface area contributed by atoms with Gasteiger partial charge in [0.15, 0.2) is 12.4 Å². The summed E-state index contributed by atoms with van der Waals surface area (Å²) in [4.78, 5) is 38.2. The molecular formula is C22H23NO5. The Bertz CT molecular complexity index is 859. The van der Waals surface area contributed by atoms with Crippen molar-refractivity contribution in [1.82, 2.24) is 0 Å². The molecule has 0 bridgehead atoms. The lowest BCUT2D eigenvalue weighted by Gasteiger charge is -2.20. The normalized spacial score (nSPS) is 13.3. The minimum absolute atomic E-state index is 0.172. The largest absolute Gasteiger partial charge is 0.491 e. The minimum Gasteiger partial charge on any atom is -0.491 e. The number of aryl methyl sites for hydroxylation is 1. The number of ether oxygens (including phenoxy) is 2. The molecule has 146 valence electrons. The number of Topliss-reactive ketones (excluding diaryl/α,β-unsaturated/α-hetero) is 1. The highest BCUT2D eigenvalue weighted by Gasteiger charge is 2.25. The monoisotopic (exact) mass is 381 g/mol. The molecule has 1 aliphatic heterocycles. The Morgan fingerprint density at radius 2 is 1.86 bits per heavy atom. The zero-order chi connectivity index (χ0) is 19.9. The van der Waals surface area contributed by atoms with E-state index < -0.39 is 5.97 Å². The number of carbonyl (C=O) groups is 3. The van der Waals surface area contributed by atoms with Crippen LogP contribution in [0.5, 0.6) is 5.75 Å². The SMILES string of the molecule is CCCc1ccc(C(=O)COC(=O)CN2C(=O)CCOc3ccccc32)cc1. The van der Waals surface area contributed by atoms with Gasteiger partial charge in [0.1, 0.15) is 12.3 Å². The van der Waals surface area contributed by atoms with Crippen molar-refractivity contribution in [3.8, 4) is 5.75 Å². The number of fused-ring (bicyclic) bond motifs is 1. The highest BCUT2D eigenvalue weighted by Crippen LogP contribution is 2.30. The Balaban J connectivity index is 1.59. The molecule has 1 aliphatic rings. The molecular weight excluding hydrogens is 358 g/mol. The van der Waals surface area contributed by atoms with E-state index in [2.05, 4.69) is 6.92 Å². The maximum Gasteiger partial charge on any atom is 0.326 e. The van der Waals surface area contributed by atoms with E-state index in [9.17, 15) is 14.4 Å². The topological polar surface area (TPSA) is 72.9 Å². The summed E-state index contributed by atoms with van der Waals surface area (Å²) >= 11 is 0. The summed E-state index contributed by atoms with van der Waals surface area (Å²) in [5.74, 6) is -0.590. The van der Waals surface area contributed by atoms with E-state index in [0.29, 0.717) is 17.0 Å². The van der Waals surface area contributed by atoms with Crippen LogP contribution >= 0.6 is 0 Å². The number of carbonyl (C=O) groups excluding carboxylic acids is 3. The molecule has 0 saturated heterocycles. The quantitative estimate of drug-likeness (QED) is 0.544. The summed E-state index contributed by atoms with van der Waals surface area (Å²) in [5.41, 5.74) is 2.19. The minimum atomic E-state index is -0.638. The molecule has 0 radical (unpaired) electrons. The number of anilines is 1. The van der Waals surface area contributed by atoms with Crippen molar-refractivity contribution in [1.29, 1.82) is 0 Å². The fourth-order valence-electron chi connectivity index (χ4n) is 3.04. The fraction of sp³-hybridized carbons (Fsp3) is 0.318. The zero-order valence-corrected chi connectivity index (χ0v) is 15.8. The Kier molecular flexibility index (Phi) is 6.42. The summed E-state index contributed by atoms with van der Waals surface area (Å²) in [6.45, 7) is 1.74. The van der Waals surface area contributed by atoms with E-state index >= 15 is 0 Å². The molecule has 0 aromatic heterocycles. The van der Waals surface area contributed by atoms with E-state index in [-0.39, 0.29) is 37.9 Å². The standard InChI is InChI=1S/C22H23NO5/c1-2-5-16-8-10-17(11-9-16)19(24)15-28-22(26)14-23-18-6-3-4-7-20(18)27-13-12-21(23)25/h3-4,6-11H,2,5,12-15H2,1H3. The van der Waals surface area contributed by atoms with Crippen molar-refractivity contribution >= 4 is 23.3 Å². The number of nitrogens with zero attached hydrogens (tertiary/aromatic N) is 1. The zero-order valence-electron chi connectivity index (χ0n) is 15.8. The smallest absolute Gasteiger partial charge is 0.326 e. The Morgan fingerprint density at radius 1 is 1.11 bits per heavy atom. The molecule has 0 aliphatic carbocycles. The number of hydrogen-bond acceptors (Lipinski definition) is 5. The summed E-state index contributed by atoms with van der Waals surface area (Å²) in [6, 6.07) is 14.3. The number of esters is 1. The van der Waals surface area contributed by atoms with Crippen molar-refractivity contribution in [2.45, 2.75) is 26.2 Å². The highest BCUT2D eigenvalue weighted by atomic mass is 16.5. The molecule has 0 spiro atoms. The Morgan fingerprint density at radius 3 is 2.61 bits per heavy atom. The van der Waals surface area contributed by atoms with Crippen LogP contribution in [0.15, 0.2) is 48.5 Å². The van der Waals surface area contributed by atoms with Crippen molar-refractivity contribution in [3.63, 3.8) is 0 Å². The Labute approximate surface area is 164 Å². The first-order valence-corrected chi connectivity index (χ1v) is 9.38. The van der Waals surface area contributed by atoms with Gasteiger partial charge in [0, 0.05) is 5.56 Å². The van der Waals surface area contributed by atoms with Gasteiger partial charge in [0.25, 0.3) is 0 Å². The lowest BCUT2D eigenvalue weighted by atomic mass is 10.1. The molecule has 0 N–H and O–H groups in total. The molecule has 0 fully saturated rings. The van der Waals surface area contributed by atoms with Gasteiger partial charge in [-0.2, -0.15) is 0 Å². The van der Waals surface area contributed by atoms with Gasteiger partial charge >= 0.3 is 5.97 Å².